The molecule has 31 heavy (non-hydrogen) atoms. The normalized spacial score (nSPS) is 11.5. The van der Waals surface area contributed by atoms with Crippen LogP contribution in [0.1, 0.15) is 84.6 Å². The van der Waals surface area contributed by atoms with Gasteiger partial charge in [-0.2, -0.15) is 8.42 Å². The molecule has 0 bridgehead atoms. The van der Waals surface area contributed by atoms with Gasteiger partial charge < -0.3 is 13.8 Å². The van der Waals surface area contributed by atoms with Crippen LogP contribution in [0.5, 0.6) is 11.5 Å². The first kappa shape index (κ1) is 27.3. The average molecular weight is 456 g/mol. The minimum absolute atomic E-state index is 0.128. The van der Waals surface area contributed by atoms with Gasteiger partial charge in [0.2, 0.25) is 5.91 Å². The SMILES string of the molecule is CCCCCCCCCC(=O)N(Cc1ccc(OC)c(OS(=O)(=O)CC)c1)CC(C)C. The lowest BCUT2D eigenvalue weighted by Crippen LogP contribution is -2.33. The van der Waals surface area contributed by atoms with Crippen LogP contribution in [-0.4, -0.2) is 38.6 Å². The molecule has 0 saturated heterocycles. The molecule has 1 amide bonds. The molecule has 1 rings (SSSR count). The lowest BCUT2D eigenvalue weighted by atomic mass is 10.1. The van der Waals surface area contributed by atoms with Crippen LogP contribution in [-0.2, 0) is 21.5 Å². The van der Waals surface area contributed by atoms with Crippen LogP contribution in [0.15, 0.2) is 18.2 Å². The molecule has 0 atom stereocenters. The number of methoxy groups -OCH3 is 1. The van der Waals surface area contributed by atoms with Crippen molar-refractivity contribution < 1.29 is 22.1 Å². The number of hydrogen-bond donors (Lipinski definition) is 0. The number of carbonyl (C=O) groups excluding carboxylic acids is 1. The Kier molecular flexibility index (Phi) is 12.6. The maximum absolute atomic E-state index is 12.9. The zero-order chi connectivity index (χ0) is 23.3. The lowest BCUT2D eigenvalue weighted by molar-refractivity contribution is -0.132. The molecular formula is C24H41NO5S. The Balaban J connectivity index is 2.79. The zero-order valence-corrected chi connectivity index (χ0v) is 20.8. The fourth-order valence-electron chi connectivity index (χ4n) is 3.39. The fraction of sp³-hybridized carbons (Fsp3) is 0.708. The number of amides is 1. The Bertz CT molecular complexity index is 761. The van der Waals surface area contributed by atoms with Gasteiger partial charge >= 0.3 is 10.1 Å². The highest BCUT2D eigenvalue weighted by molar-refractivity contribution is 7.87. The average Bonchev–Trinajstić information content (AvgIpc) is 2.72. The summed E-state index contributed by atoms with van der Waals surface area (Å²) in [6.07, 6.45) is 8.77. The molecule has 0 fully saturated rings. The smallest absolute Gasteiger partial charge is 0.309 e. The van der Waals surface area contributed by atoms with E-state index in [2.05, 4.69) is 20.8 Å². The molecule has 0 saturated carbocycles. The van der Waals surface area contributed by atoms with Gasteiger partial charge in [-0.25, -0.2) is 0 Å². The largest absolute Gasteiger partial charge is 0.493 e. The quantitative estimate of drug-likeness (QED) is 0.241. The standard InChI is InChI=1S/C24H41NO5S/c1-6-8-9-10-11-12-13-14-24(26)25(18-20(3)4)19-21-15-16-22(29-5)23(17-21)30-31(27,28)7-2/h15-17,20H,6-14,18-19H2,1-5H3. The second-order valence-electron chi connectivity index (χ2n) is 8.45. The van der Waals surface area contributed by atoms with E-state index in [4.69, 9.17) is 8.92 Å². The summed E-state index contributed by atoms with van der Waals surface area (Å²) < 4.78 is 34.3. The second kappa shape index (κ2) is 14.3. The van der Waals surface area contributed by atoms with E-state index in [0.717, 1.165) is 18.4 Å². The van der Waals surface area contributed by atoms with E-state index in [-0.39, 0.29) is 17.4 Å². The van der Waals surface area contributed by atoms with E-state index in [9.17, 15) is 13.2 Å². The summed E-state index contributed by atoms with van der Waals surface area (Å²) in [6, 6.07) is 5.18. The summed E-state index contributed by atoms with van der Waals surface area (Å²) in [5, 5.41) is 0. The molecule has 0 N–H and O–H groups in total. The molecule has 0 aromatic heterocycles. The van der Waals surface area contributed by atoms with Crippen molar-refractivity contribution in [2.24, 2.45) is 5.92 Å². The van der Waals surface area contributed by atoms with Crippen molar-refractivity contribution in [2.75, 3.05) is 19.4 Å². The van der Waals surface area contributed by atoms with E-state index in [1.54, 1.807) is 12.1 Å². The van der Waals surface area contributed by atoms with Crippen molar-refractivity contribution in [3.8, 4) is 11.5 Å². The summed E-state index contributed by atoms with van der Waals surface area (Å²) in [5.74, 6) is 0.863. The summed E-state index contributed by atoms with van der Waals surface area (Å²) in [4.78, 5) is 14.7. The van der Waals surface area contributed by atoms with Crippen LogP contribution in [0.25, 0.3) is 0 Å². The van der Waals surface area contributed by atoms with Crippen LogP contribution in [0.2, 0.25) is 0 Å². The summed E-state index contributed by atoms with van der Waals surface area (Å²) in [7, 11) is -2.20. The number of rotatable bonds is 16. The molecule has 0 aliphatic heterocycles. The van der Waals surface area contributed by atoms with Crippen LogP contribution in [0, 0.1) is 5.92 Å². The molecule has 0 aliphatic rings. The molecule has 0 aliphatic carbocycles. The van der Waals surface area contributed by atoms with Gasteiger partial charge in [-0.15, -0.1) is 0 Å². The number of ether oxygens (including phenoxy) is 1. The van der Waals surface area contributed by atoms with Gasteiger partial charge in [0.1, 0.15) is 0 Å². The monoisotopic (exact) mass is 455 g/mol. The molecule has 0 radical (unpaired) electrons. The topological polar surface area (TPSA) is 72.9 Å². The predicted molar refractivity (Wildman–Crippen MR) is 126 cm³/mol. The highest BCUT2D eigenvalue weighted by Gasteiger charge is 2.18. The van der Waals surface area contributed by atoms with Crippen LogP contribution in [0.3, 0.4) is 0 Å². The van der Waals surface area contributed by atoms with Gasteiger partial charge in [-0.3, -0.25) is 4.79 Å². The van der Waals surface area contributed by atoms with Crippen molar-refractivity contribution in [2.45, 2.75) is 85.6 Å². The zero-order valence-electron chi connectivity index (χ0n) is 20.0. The summed E-state index contributed by atoms with van der Waals surface area (Å²) in [5.41, 5.74) is 0.815. The number of benzene rings is 1. The van der Waals surface area contributed by atoms with Gasteiger partial charge in [0.15, 0.2) is 11.5 Å². The van der Waals surface area contributed by atoms with Crippen molar-refractivity contribution >= 4 is 16.0 Å². The number of nitrogens with zero attached hydrogens (tertiary/aromatic N) is 1. The first-order chi connectivity index (χ1) is 14.7. The maximum atomic E-state index is 12.9. The first-order valence-corrected chi connectivity index (χ1v) is 13.2. The van der Waals surface area contributed by atoms with E-state index in [0.29, 0.717) is 31.2 Å². The first-order valence-electron chi connectivity index (χ1n) is 11.6. The highest BCUT2D eigenvalue weighted by Crippen LogP contribution is 2.30. The highest BCUT2D eigenvalue weighted by atomic mass is 32.2. The van der Waals surface area contributed by atoms with Crippen molar-refractivity contribution in [1.29, 1.82) is 0 Å². The molecular weight excluding hydrogens is 414 g/mol. The predicted octanol–water partition coefficient (Wildman–Crippen LogP) is 5.55. The molecule has 0 spiro atoms. The minimum Gasteiger partial charge on any atom is -0.493 e. The lowest BCUT2D eigenvalue weighted by Gasteiger charge is -2.25. The van der Waals surface area contributed by atoms with E-state index >= 15 is 0 Å². The van der Waals surface area contributed by atoms with Gasteiger partial charge in [0.05, 0.1) is 12.9 Å². The van der Waals surface area contributed by atoms with Gasteiger partial charge in [-0.1, -0.05) is 65.4 Å². The third-order valence-corrected chi connectivity index (χ3v) is 6.24. The van der Waals surface area contributed by atoms with Crippen molar-refractivity contribution in [1.82, 2.24) is 4.90 Å². The second-order valence-corrected chi connectivity index (χ2v) is 10.3. The number of hydrogen-bond acceptors (Lipinski definition) is 5. The molecule has 0 unspecified atom stereocenters. The minimum atomic E-state index is -3.67. The molecule has 178 valence electrons. The van der Waals surface area contributed by atoms with Gasteiger partial charge in [0.25, 0.3) is 0 Å². The third-order valence-electron chi connectivity index (χ3n) is 5.10. The molecule has 1 aromatic rings. The molecule has 6 nitrogen and oxygen atoms in total. The van der Waals surface area contributed by atoms with Crippen molar-refractivity contribution in [3.05, 3.63) is 23.8 Å². The van der Waals surface area contributed by atoms with Crippen LogP contribution in [0.4, 0.5) is 0 Å². The van der Waals surface area contributed by atoms with E-state index < -0.39 is 10.1 Å². The Morgan fingerprint density at radius 3 is 2.23 bits per heavy atom. The van der Waals surface area contributed by atoms with E-state index in [1.807, 2.05) is 11.0 Å². The Labute approximate surface area is 189 Å². The third kappa shape index (κ3) is 10.9. The van der Waals surface area contributed by atoms with Crippen molar-refractivity contribution in [3.63, 3.8) is 0 Å². The molecule has 7 heteroatoms. The van der Waals surface area contributed by atoms with Gasteiger partial charge in [0, 0.05) is 19.5 Å². The van der Waals surface area contributed by atoms with Crippen LogP contribution >= 0.6 is 0 Å². The Morgan fingerprint density at radius 2 is 1.65 bits per heavy atom. The Morgan fingerprint density at radius 1 is 1.00 bits per heavy atom. The summed E-state index contributed by atoms with van der Waals surface area (Å²) >= 11 is 0. The molecule has 0 heterocycles. The summed E-state index contributed by atoms with van der Waals surface area (Å²) in [6.45, 7) is 8.99. The van der Waals surface area contributed by atoms with E-state index in [1.165, 1.54) is 46.1 Å². The number of unbranched alkanes of at least 4 members (excludes halogenated alkanes) is 6. The Hall–Kier alpha value is -1.76. The maximum Gasteiger partial charge on any atom is 0.309 e. The number of carbonyl (C=O) groups is 1. The fourth-order valence-corrected chi connectivity index (χ4v) is 3.91. The van der Waals surface area contributed by atoms with Gasteiger partial charge in [-0.05, 0) is 37.0 Å². The molecule has 1 aromatic carbocycles. The van der Waals surface area contributed by atoms with Crippen LogP contribution < -0.4 is 8.92 Å².